The molecule has 1 aliphatic rings. The molecule has 1 unspecified atom stereocenters. The lowest BCUT2D eigenvalue weighted by molar-refractivity contribution is -0.116. The van der Waals surface area contributed by atoms with Crippen LogP contribution in [0.1, 0.15) is 28.5 Å². The number of nitrogens with one attached hydrogen (secondary N) is 1. The Kier molecular flexibility index (Phi) is 3.61. The summed E-state index contributed by atoms with van der Waals surface area (Å²) < 4.78 is 7.02. The van der Waals surface area contributed by atoms with Gasteiger partial charge in [-0.1, -0.05) is 6.07 Å². The molecule has 1 N–H and O–H groups in total. The lowest BCUT2D eigenvalue weighted by Gasteiger charge is -2.23. The van der Waals surface area contributed by atoms with E-state index in [9.17, 15) is 4.79 Å². The van der Waals surface area contributed by atoms with Gasteiger partial charge in [0, 0.05) is 22.8 Å². The van der Waals surface area contributed by atoms with Crippen molar-refractivity contribution in [3.05, 3.63) is 57.9 Å². The van der Waals surface area contributed by atoms with Crippen LogP contribution < -0.4 is 10.1 Å². The fourth-order valence-electron chi connectivity index (χ4n) is 3.19. The minimum atomic E-state index is 0.0237. The molecule has 0 fully saturated rings. The highest BCUT2D eigenvalue weighted by Gasteiger charge is 2.33. The fraction of sp³-hybridized carbons (Fsp3) is 0.222. The Labute approximate surface area is 143 Å². The fourth-order valence-corrected chi connectivity index (χ4v) is 4.03. The quantitative estimate of drug-likeness (QED) is 0.791. The van der Waals surface area contributed by atoms with Crippen LogP contribution in [0.15, 0.2) is 41.8 Å². The summed E-state index contributed by atoms with van der Waals surface area (Å²) in [5.41, 5.74) is 2.94. The highest BCUT2D eigenvalue weighted by atomic mass is 32.1. The van der Waals surface area contributed by atoms with Crippen LogP contribution in [0.2, 0.25) is 0 Å². The third-order valence-corrected chi connectivity index (χ3v) is 5.29. The minimum Gasteiger partial charge on any atom is -0.497 e. The number of amides is 1. The van der Waals surface area contributed by atoms with Crippen molar-refractivity contribution in [3.8, 4) is 11.4 Å². The molecule has 1 amide bonds. The molecule has 0 bridgehead atoms. The maximum Gasteiger partial charge on any atom is 0.226 e. The standard InChI is InChI=1S/C18H17N3O2S/c1-11-17-14(15-4-3-9-24-15)10-16(22)19-18(17)21(20-11)12-5-7-13(23-2)8-6-12/h3-9,14H,10H2,1-2H3,(H,19,22). The predicted octanol–water partition coefficient (Wildman–Crippen LogP) is 3.72. The van der Waals surface area contributed by atoms with E-state index in [0.29, 0.717) is 6.42 Å². The molecule has 4 rings (SSSR count). The van der Waals surface area contributed by atoms with Crippen molar-refractivity contribution < 1.29 is 9.53 Å². The number of nitrogens with zero attached hydrogens (tertiary/aromatic N) is 2. The number of anilines is 1. The number of aryl methyl sites for hydroxylation is 1. The van der Waals surface area contributed by atoms with E-state index in [1.165, 1.54) is 4.88 Å². The van der Waals surface area contributed by atoms with E-state index in [2.05, 4.69) is 16.5 Å². The van der Waals surface area contributed by atoms with Gasteiger partial charge in [-0.3, -0.25) is 4.79 Å². The first-order chi connectivity index (χ1) is 11.7. The third kappa shape index (κ3) is 2.39. The summed E-state index contributed by atoms with van der Waals surface area (Å²) in [5, 5.41) is 9.73. The molecule has 0 saturated heterocycles. The number of benzene rings is 1. The van der Waals surface area contributed by atoms with Crippen LogP contribution in [0.4, 0.5) is 5.82 Å². The molecule has 5 nitrogen and oxygen atoms in total. The molecule has 24 heavy (non-hydrogen) atoms. The van der Waals surface area contributed by atoms with E-state index >= 15 is 0 Å². The van der Waals surface area contributed by atoms with E-state index in [-0.39, 0.29) is 11.8 Å². The van der Waals surface area contributed by atoms with E-state index < -0.39 is 0 Å². The first-order valence-corrected chi connectivity index (χ1v) is 8.62. The molecule has 2 aromatic heterocycles. The Bertz CT molecular complexity index is 882. The summed E-state index contributed by atoms with van der Waals surface area (Å²) in [4.78, 5) is 13.5. The first-order valence-electron chi connectivity index (χ1n) is 7.74. The van der Waals surface area contributed by atoms with Gasteiger partial charge in [-0.05, 0) is 42.6 Å². The first kappa shape index (κ1) is 15.0. The zero-order valence-electron chi connectivity index (χ0n) is 13.4. The number of hydrogen-bond donors (Lipinski definition) is 1. The topological polar surface area (TPSA) is 56.1 Å². The molecule has 0 aliphatic carbocycles. The summed E-state index contributed by atoms with van der Waals surface area (Å²) in [6, 6.07) is 11.8. The third-order valence-electron chi connectivity index (χ3n) is 4.31. The zero-order chi connectivity index (χ0) is 16.7. The molecule has 1 atom stereocenters. The Morgan fingerprint density at radius 1 is 1.29 bits per heavy atom. The van der Waals surface area contributed by atoms with Crippen molar-refractivity contribution in [3.63, 3.8) is 0 Å². The number of thiophene rings is 1. The highest BCUT2D eigenvalue weighted by molar-refractivity contribution is 7.10. The monoisotopic (exact) mass is 339 g/mol. The minimum absolute atomic E-state index is 0.0237. The lowest BCUT2D eigenvalue weighted by Crippen LogP contribution is -2.24. The number of carbonyl (C=O) groups is 1. The van der Waals surface area contributed by atoms with Gasteiger partial charge in [0.15, 0.2) is 0 Å². The van der Waals surface area contributed by atoms with Gasteiger partial charge in [0.1, 0.15) is 11.6 Å². The molecule has 6 heteroatoms. The molecule has 1 aliphatic heterocycles. The largest absolute Gasteiger partial charge is 0.497 e. The SMILES string of the molecule is COc1ccc(-n2nc(C)c3c2NC(=O)CC3c2cccs2)cc1. The average molecular weight is 339 g/mol. The summed E-state index contributed by atoms with van der Waals surface area (Å²) in [5.74, 6) is 1.65. The molecule has 0 radical (unpaired) electrons. The van der Waals surface area contributed by atoms with Crippen LogP contribution >= 0.6 is 11.3 Å². The maximum atomic E-state index is 12.3. The highest BCUT2D eigenvalue weighted by Crippen LogP contribution is 2.41. The van der Waals surface area contributed by atoms with Gasteiger partial charge in [-0.2, -0.15) is 5.10 Å². The van der Waals surface area contributed by atoms with Crippen molar-refractivity contribution in [2.45, 2.75) is 19.3 Å². The predicted molar refractivity (Wildman–Crippen MR) is 94.3 cm³/mol. The van der Waals surface area contributed by atoms with Crippen LogP contribution in [0.3, 0.4) is 0 Å². The van der Waals surface area contributed by atoms with Gasteiger partial charge in [-0.15, -0.1) is 11.3 Å². The van der Waals surface area contributed by atoms with Crippen molar-refractivity contribution in [2.24, 2.45) is 0 Å². The normalized spacial score (nSPS) is 16.6. The van der Waals surface area contributed by atoms with Crippen molar-refractivity contribution in [1.82, 2.24) is 9.78 Å². The molecular weight excluding hydrogens is 322 g/mol. The number of ether oxygens (including phenoxy) is 1. The second-order valence-corrected chi connectivity index (χ2v) is 6.76. The van der Waals surface area contributed by atoms with Gasteiger partial charge in [0.05, 0.1) is 18.5 Å². The van der Waals surface area contributed by atoms with Gasteiger partial charge in [0.25, 0.3) is 0 Å². The van der Waals surface area contributed by atoms with Gasteiger partial charge >= 0.3 is 0 Å². The van der Waals surface area contributed by atoms with Crippen LogP contribution in [-0.4, -0.2) is 22.8 Å². The van der Waals surface area contributed by atoms with E-state index in [1.807, 2.05) is 47.3 Å². The Morgan fingerprint density at radius 2 is 2.08 bits per heavy atom. The summed E-state index contributed by atoms with van der Waals surface area (Å²) >= 11 is 1.68. The molecule has 1 aromatic carbocycles. The van der Waals surface area contributed by atoms with E-state index in [0.717, 1.165) is 28.5 Å². The second kappa shape index (κ2) is 5.79. The van der Waals surface area contributed by atoms with Gasteiger partial charge < -0.3 is 10.1 Å². The maximum absolute atomic E-state index is 12.3. The van der Waals surface area contributed by atoms with Crippen molar-refractivity contribution in [1.29, 1.82) is 0 Å². The molecule has 3 aromatic rings. The Balaban J connectivity index is 1.84. The number of rotatable bonds is 3. The number of methoxy groups -OCH3 is 1. The average Bonchev–Trinajstić information content (AvgIpc) is 3.23. The molecule has 0 spiro atoms. The van der Waals surface area contributed by atoms with Crippen molar-refractivity contribution in [2.75, 3.05) is 12.4 Å². The van der Waals surface area contributed by atoms with Crippen LogP contribution in [0.5, 0.6) is 5.75 Å². The molecule has 122 valence electrons. The number of aromatic nitrogens is 2. The van der Waals surface area contributed by atoms with E-state index in [1.54, 1.807) is 18.4 Å². The Hall–Kier alpha value is -2.60. The van der Waals surface area contributed by atoms with Crippen LogP contribution in [0.25, 0.3) is 5.69 Å². The Morgan fingerprint density at radius 3 is 2.75 bits per heavy atom. The van der Waals surface area contributed by atoms with Crippen molar-refractivity contribution >= 4 is 23.1 Å². The van der Waals surface area contributed by atoms with Crippen LogP contribution in [-0.2, 0) is 4.79 Å². The molecule has 0 saturated carbocycles. The van der Waals surface area contributed by atoms with Gasteiger partial charge in [-0.25, -0.2) is 4.68 Å². The zero-order valence-corrected chi connectivity index (χ0v) is 14.3. The number of hydrogen-bond acceptors (Lipinski definition) is 4. The molecular formula is C18H17N3O2S. The van der Waals surface area contributed by atoms with Crippen LogP contribution in [0, 0.1) is 6.92 Å². The molecule has 3 heterocycles. The summed E-state index contributed by atoms with van der Waals surface area (Å²) in [6.45, 7) is 2.00. The smallest absolute Gasteiger partial charge is 0.226 e. The number of carbonyl (C=O) groups excluding carboxylic acids is 1. The van der Waals surface area contributed by atoms with Gasteiger partial charge in [0.2, 0.25) is 5.91 Å². The summed E-state index contributed by atoms with van der Waals surface area (Å²) in [7, 11) is 1.64. The van der Waals surface area contributed by atoms with E-state index in [4.69, 9.17) is 4.74 Å². The lowest BCUT2D eigenvalue weighted by atomic mass is 9.91. The second-order valence-electron chi connectivity index (χ2n) is 5.78. The summed E-state index contributed by atoms with van der Waals surface area (Å²) in [6.07, 6.45) is 0.461. The number of fused-ring (bicyclic) bond motifs is 1.